The molecule has 0 aliphatic heterocycles. The Balaban J connectivity index is 2.60. The van der Waals surface area contributed by atoms with Crippen LogP contribution in [0.4, 0.5) is 0 Å². The maximum atomic E-state index is 10.7. The Hall–Kier alpha value is -1.55. The SMILES string of the molecule is Cc1ccncc1-c1ncsc1C=O. The Bertz CT molecular complexity index is 465. The highest BCUT2D eigenvalue weighted by atomic mass is 32.1. The lowest BCUT2D eigenvalue weighted by Gasteiger charge is -2.01. The quantitative estimate of drug-likeness (QED) is 0.705. The van der Waals surface area contributed by atoms with E-state index >= 15 is 0 Å². The van der Waals surface area contributed by atoms with Crippen LogP contribution in [0.5, 0.6) is 0 Å². The average Bonchev–Trinajstić information content (AvgIpc) is 2.66. The highest BCUT2D eigenvalue weighted by molar-refractivity contribution is 7.11. The van der Waals surface area contributed by atoms with Crippen LogP contribution in [-0.4, -0.2) is 16.3 Å². The van der Waals surface area contributed by atoms with Crippen LogP contribution in [0, 0.1) is 6.92 Å². The largest absolute Gasteiger partial charge is 0.297 e. The highest BCUT2D eigenvalue weighted by Crippen LogP contribution is 2.25. The van der Waals surface area contributed by atoms with Gasteiger partial charge in [0.2, 0.25) is 0 Å². The van der Waals surface area contributed by atoms with Crippen LogP contribution >= 0.6 is 11.3 Å². The number of carbonyl (C=O) groups excluding carboxylic acids is 1. The number of rotatable bonds is 2. The van der Waals surface area contributed by atoms with Crippen LogP contribution < -0.4 is 0 Å². The number of aldehydes is 1. The summed E-state index contributed by atoms with van der Waals surface area (Å²) < 4.78 is 0. The van der Waals surface area contributed by atoms with E-state index in [1.807, 2.05) is 13.0 Å². The van der Waals surface area contributed by atoms with Crippen LogP contribution in [0.15, 0.2) is 24.0 Å². The third kappa shape index (κ3) is 1.44. The molecule has 0 aliphatic carbocycles. The zero-order chi connectivity index (χ0) is 9.97. The van der Waals surface area contributed by atoms with Gasteiger partial charge in [0, 0.05) is 18.0 Å². The van der Waals surface area contributed by atoms with E-state index in [-0.39, 0.29) is 0 Å². The fourth-order valence-corrected chi connectivity index (χ4v) is 1.85. The van der Waals surface area contributed by atoms with E-state index < -0.39 is 0 Å². The molecule has 0 fully saturated rings. The highest BCUT2D eigenvalue weighted by Gasteiger charge is 2.09. The molecule has 0 atom stereocenters. The monoisotopic (exact) mass is 204 g/mol. The van der Waals surface area contributed by atoms with Crippen molar-refractivity contribution in [2.24, 2.45) is 0 Å². The van der Waals surface area contributed by atoms with Crippen LogP contribution in [0.1, 0.15) is 15.2 Å². The summed E-state index contributed by atoms with van der Waals surface area (Å²) in [5.74, 6) is 0. The first kappa shape index (κ1) is 9.02. The molecule has 14 heavy (non-hydrogen) atoms. The summed E-state index contributed by atoms with van der Waals surface area (Å²) in [4.78, 5) is 19.6. The fraction of sp³-hybridized carbons (Fsp3) is 0.100. The molecule has 2 rings (SSSR count). The Labute approximate surface area is 85.5 Å². The molecule has 2 heterocycles. The molecule has 0 aliphatic rings. The molecular weight excluding hydrogens is 196 g/mol. The van der Waals surface area contributed by atoms with Crippen molar-refractivity contribution >= 4 is 17.6 Å². The Morgan fingerprint density at radius 2 is 2.36 bits per heavy atom. The van der Waals surface area contributed by atoms with Gasteiger partial charge in [0.1, 0.15) is 0 Å². The van der Waals surface area contributed by atoms with Crippen LogP contribution in [0.25, 0.3) is 11.3 Å². The number of hydrogen-bond donors (Lipinski definition) is 0. The lowest BCUT2D eigenvalue weighted by molar-refractivity contribution is 0.112. The molecule has 0 radical (unpaired) electrons. The maximum Gasteiger partial charge on any atom is 0.162 e. The van der Waals surface area contributed by atoms with Gasteiger partial charge in [-0.3, -0.25) is 9.78 Å². The molecule has 0 saturated carbocycles. The summed E-state index contributed by atoms with van der Waals surface area (Å²) in [7, 11) is 0. The van der Waals surface area contributed by atoms with E-state index in [0.29, 0.717) is 4.88 Å². The first-order valence-corrected chi connectivity index (χ1v) is 5.00. The number of carbonyl (C=O) groups is 1. The molecule has 3 nitrogen and oxygen atoms in total. The minimum Gasteiger partial charge on any atom is -0.297 e. The van der Waals surface area contributed by atoms with Crippen molar-refractivity contribution in [3.63, 3.8) is 0 Å². The van der Waals surface area contributed by atoms with E-state index in [2.05, 4.69) is 9.97 Å². The van der Waals surface area contributed by atoms with Gasteiger partial charge in [0.25, 0.3) is 0 Å². The van der Waals surface area contributed by atoms with Crippen LogP contribution in [0.3, 0.4) is 0 Å². The summed E-state index contributed by atoms with van der Waals surface area (Å²) in [6.45, 7) is 1.98. The normalized spacial score (nSPS) is 10.1. The number of aryl methyl sites for hydroxylation is 1. The van der Waals surface area contributed by atoms with E-state index in [9.17, 15) is 4.79 Å². The van der Waals surface area contributed by atoms with Gasteiger partial charge >= 0.3 is 0 Å². The lowest BCUT2D eigenvalue weighted by Crippen LogP contribution is -1.88. The molecule has 4 heteroatoms. The summed E-state index contributed by atoms with van der Waals surface area (Å²) in [5.41, 5.74) is 4.41. The third-order valence-corrected chi connectivity index (χ3v) is 2.75. The number of thiazole rings is 1. The first-order chi connectivity index (χ1) is 6.83. The summed E-state index contributed by atoms with van der Waals surface area (Å²) in [5, 5.41) is 0. The second-order valence-electron chi connectivity index (χ2n) is 2.87. The van der Waals surface area contributed by atoms with Crippen molar-refractivity contribution in [3.8, 4) is 11.3 Å². The third-order valence-electron chi connectivity index (χ3n) is 2.00. The number of nitrogens with zero attached hydrogens (tertiary/aromatic N) is 2. The predicted octanol–water partition coefficient (Wildman–Crippen LogP) is 2.33. The van der Waals surface area contributed by atoms with Crippen molar-refractivity contribution < 1.29 is 4.79 Å². The molecule has 0 N–H and O–H groups in total. The molecule has 70 valence electrons. The standard InChI is InChI=1S/C10H8N2OS/c1-7-2-3-11-4-8(7)10-9(5-13)14-6-12-10/h2-6H,1H3. The lowest BCUT2D eigenvalue weighted by atomic mass is 10.1. The minimum absolute atomic E-state index is 0.654. The fourth-order valence-electron chi connectivity index (χ4n) is 1.25. The molecule has 0 amide bonds. The first-order valence-electron chi connectivity index (χ1n) is 4.12. The smallest absolute Gasteiger partial charge is 0.162 e. The van der Waals surface area contributed by atoms with Gasteiger partial charge in [0.05, 0.1) is 16.1 Å². The maximum absolute atomic E-state index is 10.7. The van der Waals surface area contributed by atoms with Crippen molar-refractivity contribution in [2.75, 3.05) is 0 Å². The molecule has 0 saturated heterocycles. The second kappa shape index (κ2) is 3.67. The molecule has 0 bridgehead atoms. The van der Waals surface area contributed by atoms with Gasteiger partial charge in [-0.15, -0.1) is 11.3 Å². The van der Waals surface area contributed by atoms with Crippen LogP contribution in [-0.2, 0) is 0 Å². The van der Waals surface area contributed by atoms with E-state index in [0.717, 1.165) is 23.1 Å². The van der Waals surface area contributed by atoms with Gasteiger partial charge in [0.15, 0.2) is 6.29 Å². The molecule has 0 aromatic carbocycles. The zero-order valence-corrected chi connectivity index (χ0v) is 8.41. The number of hydrogen-bond acceptors (Lipinski definition) is 4. The van der Waals surface area contributed by atoms with E-state index in [1.54, 1.807) is 17.9 Å². The van der Waals surface area contributed by atoms with Gasteiger partial charge in [-0.2, -0.15) is 0 Å². The predicted molar refractivity (Wildman–Crippen MR) is 55.5 cm³/mol. The van der Waals surface area contributed by atoms with Gasteiger partial charge in [-0.05, 0) is 18.6 Å². The van der Waals surface area contributed by atoms with Crippen molar-refractivity contribution in [3.05, 3.63) is 34.4 Å². The average molecular weight is 204 g/mol. The van der Waals surface area contributed by atoms with Crippen molar-refractivity contribution in [1.82, 2.24) is 9.97 Å². The Morgan fingerprint density at radius 1 is 1.50 bits per heavy atom. The number of aromatic nitrogens is 2. The van der Waals surface area contributed by atoms with Gasteiger partial charge in [-0.1, -0.05) is 0 Å². The van der Waals surface area contributed by atoms with Gasteiger partial charge in [-0.25, -0.2) is 4.98 Å². The molecule has 2 aromatic heterocycles. The Kier molecular flexibility index (Phi) is 2.37. The van der Waals surface area contributed by atoms with Crippen LogP contribution in [0.2, 0.25) is 0 Å². The topological polar surface area (TPSA) is 42.9 Å². The zero-order valence-electron chi connectivity index (χ0n) is 7.60. The van der Waals surface area contributed by atoms with Gasteiger partial charge < -0.3 is 0 Å². The second-order valence-corrected chi connectivity index (χ2v) is 3.76. The summed E-state index contributed by atoms with van der Waals surface area (Å²) in [6.07, 6.45) is 4.29. The molecular formula is C10H8N2OS. The molecule has 0 unspecified atom stereocenters. The van der Waals surface area contributed by atoms with E-state index in [1.165, 1.54) is 11.3 Å². The summed E-state index contributed by atoms with van der Waals surface area (Å²) in [6, 6.07) is 1.91. The molecule has 2 aromatic rings. The summed E-state index contributed by atoms with van der Waals surface area (Å²) >= 11 is 1.35. The minimum atomic E-state index is 0.654. The van der Waals surface area contributed by atoms with E-state index in [4.69, 9.17) is 0 Å². The van der Waals surface area contributed by atoms with Crippen molar-refractivity contribution in [1.29, 1.82) is 0 Å². The number of pyridine rings is 1. The Morgan fingerprint density at radius 3 is 3.07 bits per heavy atom. The van der Waals surface area contributed by atoms with Crippen molar-refractivity contribution in [2.45, 2.75) is 6.92 Å². The molecule has 0 spiro atoms.